The third-order valence-corrected chi connectivity index (χ3v) is 5.42. The average molecular weight is 391 g/mol. The van der Waals surface area contributed by atoms with Gasteiger partial charge < -0.3 is 33.4 Å². The fourth-order valence-electron chi connectivity index (χ4n) is 4.60. The first-order valence-corrected chi connectivity index (χ1v) is 9.22. The Hall–Kier alpha value is -1.89. The summed E-state index contributed by atoms with van der Waals surface area (Å²) >= 11 is 0. The Morgan fingerprint density at radius 2 is 1.89 bits per heavy atom. The van der Waals surface area contributed by atoms with Crippen LogP contribution in [-0.4, -0.2) is 54.7 Å². The summed E-state index contributed by atoms with van der Waals surface area (Å²) < 4.78 is 36.5. The number of carbonyl (C=O) groups is 1. The summed E-state index contributed by atoms with van der Waals surface area (Å²) in [4.78, 5) is 12.1. The summed E-state index contributed by atoms with van der Waals surface area (Å²) in [7, 11) is 1.54. The van der Waals surface area contributed by atoms with Crippen LogP contribution < -0.4 is 5.32 Å². The van der Waals surface area contributed by atoms with Crippen molar-refractivity contribution >= 4 is 5.91 Å². The van der Waals surface area contributed by atoms with Crippen LogP contribution in [0.3, 0.4) is 0 Å². The summed E-state index contributed by atoms with van der Waals surface area (Å²) in [5.41, 5.74) is 0. The molecule has 0 unspecified atom stereocenters. The third kappa shape index (κ3) is 2.86. The van der Waals surface area contributed by atoms with Crippen LogP contribution in [0.15, 0.2) is 22.8 Å². The molecule has 8 heteroatoms. The smallest absolute Gasteiger partial charge is 0.295 e. The molecule has 0 radical (unpaired) electrons. The summed E-state index contributed by atoms with van der Waals surface area (Å²) in [5, 5.41) is 2.87. The van der Waals surface area contributed by atoms with Crippen molar-refractivity contribution in [1.29, 1.82) is 0 Å². The van der Waals surface area contributed by atoms with Crippen molar-refractivity contribution < 1.29 is 32.9 Å². The van der Waals surface area contributed by atoms with E-state index in [1.165, 1.54) is 0 Å². The largest absolute Gasteiger partial charge is 0.469 e. The molecule has 1 saturated carbocycles. The third-order valence-electron chi connectivity index (χ3n) is 5.42. The molecule has 3 heterocycles. The first-order valence-electron chi connectivity index (χ1n) is 9.22. The van der Waals surface area contributed by atoms with Crippen LogP contribution in [0.1, 0.15) is 39.4 Å². The lowest BCUT2D eigenvalue weighted by Crippen LogP contribution is -2.69. The number of terminal acetylenes is 1. The Morgan fingerprint density at radius 3 is 2.50 bits per heavy atom. The number of carbonyl (C=O) groups excluding carboxylic acids is 1. The standard InChI is InChI=1S/C20H25NO7/c1-7-12(22)21-14-13(11-9-8-10-24-11)16-20(23-6,28-19(4,5)26-16)17-15(14)25-18(2,3)27-17/h1,8-10,13-17H,2-6H3,(H,21,22)/t13-,14-,15+,16-,17+,20-/m1/s1. The van der Waals surface area contributed by atoms with Crippen molar-refractivity contribution in [1.82, 2.24) is 5.32 Å². The van der Waals surface area contributed by atoms with Gasteiger partial charge in [-0.05, 0) is 45.7 Å². The fraction of sp³-hybridized carbons (Fsp3) is 0.650. The lowest BCUT2D eigenvalue weighted by atomic mass is 9.73. The van der Waals surface area contributed by atoms with Crippen LogP contribution in [0.4, 0.5) is 0 Å². The number of nitrogens with one attached hydrogen (secondary N) is 1. The van der Waals surface area contributed by atoms with Gasteiger partial charge in [0.1, 0.15) is 24.1 Å². The van der Waals surface area contributed by atoms with Crippen molar-refractivity contribution in [3.63, 3.8) is 0 Å². The van der Waals surface area contributed by atoms with E-state index in [4.69, 9.17) is 34.5 Å². The van der Waals surface area contributed by atoms with Gasteiger partial charge in [-0.3, -0.25) is 4.79 Å². The molecule has 0 spiro atoms. The molecule has 3 fully saturated rings. The van der Waals surface area contributed by atoms with Crippen LogP contribution in [0.2, 0.25) is 0 Å². The minimum atomic E-state index is -1.25. The molecule has 8 nitrogen and oxygen atoms in total. The monoisotopic (exact) mass is 391 g/mol. The van der Waals surface area contributed by atoms with Crippen LogP contribution >= 0.6 is 0 Å². The summed E-state index contributed by atoms with van der Waals surface area (Å²) in [6.45, 7) is 7.20. The molecule has 6 atom stereocenters. The molecule has 1 aliphatic carbocycles. The van der Waals surface area contributed by atoms with Gasteiger partial charge in [0.2, 0.25) is 5.79 Å². The van der Waals surface area contributed by atoms with E-state index in [1.807, 2.05) is 6.07 Å². The van der Waals surface area contributed by atoms with E-state index < -0.39 is 53.5 Å². The Balaban J connectivity index is 1.87. The number of fused-ring (bicyclic) bond motifs is 3. The number of hydrogen-bond donors (Lipinski definition) is 1. The van der Waals surface area contributed by atoms with E-state index in [0.29, 0.717) is 5.76 Å². The molecular formula is C20H25NO7. The van der Waals surface area contributed by atoms with Crippen molar-refractivity contribution in [3.8, 4) is 12.3 Å². The normalized spacial score (nSPS) is 40.4. The van der Waals surface area contributed by atoms with Gasteiger partial charge in [-0.1, -0.05) is 0 Å². The maximum atomic E-state index is 12.1. The number of furan rings is 1. The van der Waals surface area contributed by atoms with Gasteiger partial charge in [0.05, 0.1) is 18.2 Å². The number of ether oxygens (including phenoxy) is 5. The molecule has 1 aromatic heterocycles. The van der Waals surface area contributed by atoms with E-state index in [9.17, 15) is 4.79 Å². The Labute approximate surface area is 163 Å². The van der Waals surface area contributed by atoms with Gasteiger partial charge in [0.15, 0.2) is 11.6 Å². The number of amides is 1. The van der Waals surface area contributed by atoms with E-state index in [1.54, 1.807) is 47.1 Å². The first kappa shape index (κ1) is 19.4. The summed E-state index contributed by atoms with van der Waals surface area (Å²) in [6, 6.07) is 3.01. The predicted octanol–water partition coefficient (Wildman–Crippen LogP) is 1.51. The van der Waals surface area contributed by atoms with Gasteiger partial charge in [0, 0.05) is 7.11 Å². The Bertz CT molecular complexity index is 796. The highest BCUT2D eigenvalue weighted by molar-refractivity contribution is 5.93. The van der Waals surface area contributed by atoms with E-state index in [-0.39, 0.29) is 0 Å². The minimum absolute atomic E-state index is 0.479. The van der Waals surface area contributed by atoms with Gasteiger partial charge >= 0.3 is 0 Å². The second kappa shape index (κ2) is 6.31. The highest BCUT2D eigenvalue weighted by Gasteiger charge is 2.73. The molecule has 1 aromatic rings. The summed E-state index contributed by atoms with van der Waals surface area (Å²) in [6.07, 6.45) is 4.97. The van der Waals surface area contributed by atoms with Gasteiger partial charge in [-0.15, -0.1) is 6.42 Å². The zero-order valence-corrected chi connectivity index (χ0v) is 16.6. The van der Waals surface area contributed by atoms with Gasteiger partial charge in [0.25, 0.3) is 5.91 Å². The number of hydrogen-bond acceptors (Lipinski definition) is 7. The molecule has 152 valence electrons. The van der Waals surface area contributed by atoms with Crippen LogP contribution in [0.5, 0.6) is 0 Å². The molecule has 1 N–H and O–H groups in total. The van der Waals surface area contributed by atoms with Crippen molar-refractivity contribution in [2.45, 2.75) is 75.3 Å². The minimum Gasteiger partial charge on any atom is -0.469 e. The molecule has 2 aliphatic heterocycles. The van der Waals surface area contributed by atoms with Crippen molar-refractivity contribution in [3.05, 3.63) is 24.2 Å². The lowest BCUT2D eigenvalue weighted by molar-refractivity contribution is -0.304. The summed E-state index contributed by atoms with van der Waals surface area (Å²) in [5.74, 6) is -1.46. The lowest BCUT2D eigenvalue weighted by Gasteiger charge is -2.48. The molecule has 2 saturated heterocycles. The van der Waals surface area contributed by atoms with Crippen molar-refractivity contribution in [2.24, 2.45) is 0 Å². The van der Waals surface area contributed by atoms with E-state index in [2.05, 4.69) is 11.2 Å². The van der Waals surface area contributed by atoms with Gasteiger partial charge in [-0.25, -0.2) is 0 Å². The highest BCUT2D eigenvalue weighted by atomic mass is 16.9. The van der Waals surface area contributed by atoms with Crippen LogP contribution in [-0.2, 0) is 28.5 Å². The fourth-order valence-corrected chi connectivity index (χ4v) is 4.60. The average Bonchev–Trinajstić information content (AvgIpc) is 3.30. The molecule has 4 rings (SSSR count). The van der Waals surface area contributed by atoms with Crippen molar-refractivity contribution in [2.75, 3.05) is 7.11 Å². The predicted molar refractivity (Wildman–Crippen MR) is 95.8 cm³/mol. The number of rotatable bonds is 3. The quantitative estimate of drug-likeness (QED) is 0.782. The number of methoxy groups -OCH3 is 1. The van der Waals surface area contributed by atoms with Gasteiger partial charge in [-0.2, -0.15) is 0 Å². The van der Waals surface area contributed by atoms with E-state index in [0.717, 1.165) is 0 Å². The second-order valence-corrected chi connectivity index (χ2v) is 8.17. The maximum Gasteiger partial charge on any atom is 0.295 e. The zero-order valence-electron chi connectivity index (χ0n) is 16.6. The zero-order chi connectivity index (χ0) is 20.3. The van der Waals surface area contributed by atoms with Crippen LogP contribution in [0, 0.1) is 12.3 Å². The topological polar surface area (TPSA) is 88.4 Å². The second-order valence-electron chi connectivity index (χ2n) is 8.17. The molecule has 0 bridgehead atoms. The van der Waals surface area contributed by atoms with E-state index >= 15 is 0 Å². The SMILES string of the molecule is C#CC(=O)N[C@H]1[C@@H]2OC(C)(C)O[C@@H]2[C@]2(OC)OC(C)(C)O[C@@H]2[C@@H]1c1ccco1. The maximum absolute atomic E-state index is 12.1. The molecule has 28 heavy (non-hydrogen) atoms. The first-order chi connectivity index (χ1) is 13.1. The Kier molecular flexibility index (Phi) is 4.38. The molecule has 1 amide bonds. The van der Waals surface area contributed by atoms with Crippen LogP contribution in [0.25, 0.3) is 0 Å². The highest BCUT2D eigenvalue weighted by Crippen LogP contribution is 2.55. The Morgan fingerprint density at radius 1 is 1.18 bits per heavy atom. The molecule has 0 aromatic carbocycles. The molecule has 3 aliphatic rings. The molecular weight excluding hydrogens is 366 g/mol.